The van der Waals surface area contributed by atoms with Crippen LogP contribution in [0.15, 0.2) is 24.3 Å². The highest BCUT2D eigenvalue weighted by atomic mass is 16.5. The summed E-state index contributed by atoms with van der Waals surface area (Å²) < 4.78 is 5.65. The van der Waals surface area contributed by atoms with Crippen molar-refractivity contribution in [2.24, 2.45) is 5.41 Å². The molecule has 0 aromatic heterocycles. The Morgan fingerprint density at radius 1 is 1.43 bits per heavy atom. The molecule has 1 atom stereocenters. The molecule has 0 spiro atoms. The lowest BCUT2D eigenvalue weighted by molar-refractivity contribution is -0.127. The number of rotatable bonds is 8. The SMILES string of the molecule is Cc1cccc(OC(C)C(=O)NCC(C)(C)CCCO)c1. The quantitative estimate of drug-likeness (QED) is 0.774. The second-order valence-electron chi connectivity index (χ2n) is 6.29. The fourth-order valence-electron chi connectivity index (χ4n) is 2.06. The zero-order valence-corrected chi connectivity index (χ0v) is 13.5. The highest BCUT2D eigenvalue weighted by Crippen LogP contribution is 2.21. The topological polar surface area (TPSA) is 58.6 Å². The van der Waals surface area contributed by atoms with Gasteiger partial charge in [0.2, 0.25) is 0 Å². The lowest BCUT2D eigenvalue weighted by Gasteiger charge is -2.25. The molecule has 1 aromatic rings. The van der Waals surface area contributed by atoms with Gasteiger partial charge in [-0.25, -0.2) is 0 Å². The fourth-order valence-corrected chi connectivity index (χ4v) is 2.06. The summed E-state index contributed by atoms with van der Waals surface area (Å²) in [5, 5.41) is 11.8. The molecule has 1 rings (SSSR count). The van der Waals surface area contributed by atoms with E-state index in [-0.39, 0.29) is 17.9 Å². The summed E-state index contributed by atoms with van der Waals surface area (Å²) >= 11 is 0. The van der Waals surface area contributed by atoms with Crippen LogP contribution in [0.1, 0.15) is 39.2 Å². The van der Waals surface area contributed by atoms with Crippen molar-refractivity contribution < 1.29 is 14.6 Å². The minimum Gasteiger partial charge on any atom is -0.481 e. The Hall–Kier alpha value is -1.55. The molecule has 1 amide bonds. The number of aliphatic hydroxyl groups is 1. The number of amides is 1. The van der Waals surface area contributed by atoms with Crippen molar-refractivity contribution in [3.05, 3.63) is 29.8 Å². The first kappa shape index (κ1) is 17.5. The van der Waals surface area contributed by atoms with E-state index >= 15 is 0 Å². The molecule has 21 heavy (non-hydrogen) atoms. The monoisotopic (exact) mass is 293 g/mol. The third kappa shape index (κ3) is 6.63. The summed E-state index contributed by atoms with van der Waals surface area (Å²) in [4.78, 5) is 12.1. The van der Waals surface area contributed by atoms with Gasteiger partial charge in [-0.1, -0.05) is 26.0 Å². The molecule has 0 saturated heterocycles. The van der Waals surface area contributed by atoms with Gasteiger partial charge in [0.05, 0.1) is 0 Å². The average molecular weight is 293 g/mol. The number of carbonyl (C=O) groups is 1. The Morgan fingerprint density at radius 3 is 2.76 bits per heavy atom. The molecule has 0 heterocycles. The Bertz CT molecular complexity index is 457. The summed E-state index contributed by atoms with van der Waals surface area (Å²) in [7, 11) is 0. The maximum absolute atomic E-state index is 12.1. The van der Waals surface area contributed by atoms with Gasteiger partial charge in [0, 0.05) is 13.2 Å². The second-order valence-corrected chi connectivity index (χ2v) is 6.29. The standard InChI is InChI=1S/C17H27NO3/c1-13-7-5-8-15(11-13)21-14(2)16(20)18-12-17(3,4)9-6-10-19/h5,7-8,11,14,19H,6,9-10,12H2,1-4H3,(H,18,20). The van der Waals surface area contributed by atoms with Crippen LogP contribution in [-0.4, -0.2) is 30.3 Å². The first-order chi connectivity index (χ1) is 9.84. The zero-order valence-electron chi connectivity index (χ0n) is 13.5. The molecule has 118 valence electrons. The number of aliphatic hydroxyl groups excluding tert-OH is 1. The van der Waals surface area contributed by atoms with Gasteiger partial charge < -0.3 is 15.2 Å². The van der Waals surface area contributed by atoms with Crippen molar-refractivity contribution in [2.75, 3.05) is 13.2 Å². The lowest BCUT2D eigenvalue weighted by atomic mass is 9.88. The van der Waals surface area contributed by atoms with Crippen LogP contribution in [0.4, 0.5) is 0 Å². The number of ether oxygens (including phenoxy) is 1. The van der Waals surface area contributed by atoms with E-state index in [1.54, 1.807) is 6.92 Å². The van der Waals surface area contributed by atoms with E-state index in [0.717, 1.165) is 18.4 Å². The Balaban J connectivity index is 2.44. The van der Waals surface area contributed by atoms with Crippen molar-refractivity contribution >= 4 is 5.91 Å². The molecule has 0 saturated carbocycles. The predicted octanol–water partition coefficient (Wildman–Crippen LogP) is 2.68. The van der Waals surface area contributed by atoms with Gasteiger partial charge >= 0.3 is 0 Å². The summed E-state index contributed by atoms with van der Waals surface area (Å²) in [6.07, 6.45) is 1.09. The second kappa shape index (κ2) is 8.03. The summed E-state index contributed by atoms with van der Waals surface area (Å²) in [5.41, 5.74) is 1.08. The lowest BCUT2D eigenvalue weighted by Crippen LogP contribution is -2.41. The van der Waals surface area contributed by atoms with E-state index in [4.69, 9.17) is 9.84 Å². The van der Waals surface area contributed by atoms with Gasteiger partial charge in [0.15, 0.2) is 6.10 Å². The number of hydrogen-bond donors (Lipinski definition) is 2. The minimum atomic E-state index is -0.527. The smallest absolute Gasteiger partial charge is 0.260 e. The summed E-state index contributed by atoms with van der Waals surface area (Å²) in [5.74, 6) is 0.589. The number of nitrogens with one attached hydrogen (secondary N) is 1. The molecule has 0 bridgehead atoms. The molecule has 1 unspecified atom stereocenters. The molecular formula is C17H27NO3. The van der Waals surface area contributed by atoms with E-state index < -0.39 is 6.10 Å². The summed E-state index contributed by atoms with van der Waals surface area (Å²) in [6.45, 7) is 8.65. The van der Waals surface area contributed by atoms with E-state index in [9.17, 15) is 4.79 Å². The highest BCUT2D eigenvalue weighted by molar-refractivity contribution is 5.80. The molecule has 0 aliphatic rings. The minimum absolute atomic E-state index is 0.0263. The Morgan fingerprint density at radius 2 is 2.14 bits per heavy atom. The molecule has 4 heteroatoms. The molecular weight excluding hydrogens is 266 g/mol. The number of benzene rings is 1. The van der Waals surface area contributed by atoms with Gasteiger partial charge in [0.1, 0.15) is 5.75 Å². The third-order valence-corrected chi connectivity index (χ3v) is 3.42. The van der Waals surface area contributed by atoms with Crippen LogP contribution in [-0.2, 0) is 4.79 Å². The van der Waals surface area contributed by atoms with Crippen LogP contribution >= 0.6 is 0 Å². The van der Waals surface area contributed by atoms with Gasteiger partial charge in [-0.3, -0.25) is 4.79 Å². The van der Waals surface area contributed by atoms with Crippen LogP contribution in [0.2, 0.25) is 0 Å². The summed E-state index contributed by atoms with van der Waals surface area (Å²) in [6, 6.07) is 7.66. The van der Waals surface area contributed by atoms with Gasteiger partial charge in [-0.2, -0.15) is 0 Å². The maximum atomic E-state index is 12.1. The van der Waals surface area contributed by atoms with Crippen LogP contribution in [0, 0.1) is 12.3 Å². The van der Waals surface area contributed by atoms with Crippen LogP contribution in [0.5, 0.6) is 5.75 Å². The van der Waals surface area contributed by atoms with Crippen molar-refractivity contribution in [1.82, 2.24) is 5.32 Å². The number of hydrogen-bond acceptors (Lipinski definition) is 3. The average Bonchev–Trinajstić information content (AvgIpc) is 2.42. The molecule has 2 N–H and O–H groups in total. The van der Waals surface area contributed by atoms with Crippen molar-refractivity contribution in [2.45, 2.75) is 46.6 Å². The first-order valence-electron chi connectivity index (χ1n) is 7.46. The van der Waals surface area contributed by atoms with Gasteiger partial charge in [-0.15, -0.1) is 0 Å². The third-order valence-electron chi connectivity index (χ3n) is 3.42. The Labute approximate surface area is 127 Å². The predicted molar refractivity (Wildman–Crippen MR) is 84.4 cm³/mol. The normalized spacial score (nSPS) is 12.8. The molecule has 0 fully saturated rings. The van der Waals surface area contributed by atoms with Gasteiger partial charge in [-0.05, 0) is 49.8 Å². The Kier molecular flexibility index (Phi) is 6.69. The van der Waals surface area contributed by atoms with Crippen molar-refractivity contribution in [3.8, 4) is 5.75 Å². The zero-order chi connectivity index (χ0) is 15.9. The van der Waals surface area contributed by atoms with Gasteiger partial charge in [0.25, 0.3) is 5.91 Å². The molecule has 0 radical (unpaired) electrons. The molecule has 0 aliphatic carbocycles. The molecule has 0 aliphatic heterocycles. The molecule has 4 nitrogen and oxygen atoms in total. The number of aryl methyl sites for hydroxylation is 1. The van der Waals surface area contributed by atoms with E-state index in [1.807, 2.05) is 31.2 Å². The van der Waals surface area contributed by atoms with Crippen LogP contribution < -0.4 is 10.1 Å². The first-order valence-corrected chi connectivity index (χ1v) is 7.46. The van der Waals surface area contributed by atoms with Crippen LogP contribution in [0.3, 0.4) is 0 Å². The van der Waals surface area contributed by atoms with E-state index in [0.29, 0.717) is 12.3 Å². The maximum Gasteiger partial charge on any atom is 0.260 e. The van der Waals surface area contributed by atoms with Crippen LogP contribution in [0.25, 0.3) is 0 Å². The van der Waals surface area contributed by atoms with Crippen molar-refractivity contribution in [1.29, 1.82) is 0 Å². The van der Waals surface area contributed by atoms with Crippen molar-refractivity contribution in [3.63, 3.8) is 0 Å². The van der Waals surface area contributed by atoms with E-state index in [1.165, 1.54) is 0 Å². The highest BCUT2D eigenvalue weighted by Gasteiger charge is 2.21. The molecule has 1 aromatic carbocycles. The number of carbonyl (C=O) groups excluding carboxylic acids is 1. The van der Waals surface area contributed by atoms with E-state index in [2.05, 4.69) is 19.2 Å². The fraction of sp³-hybridized carbons (Fsp3) is 0.588. The largest absolute Gasteiger partial charge is 0.481 e.